The Bertz CT molecular complexity index is 529. The molecule has 0 amide bonds. The van der Waals surface area contributed by atoms with Crippen molar-refractivity contribution >= 4 is 30.5 Å². The number of hydrogen-bond acceptors (Lipinski definition) is 0. The molecule has 0 aliphatic carbocycles. The fourth-order valence-electron chi connectivity index (χ4n) is 2.31. The second-order valence-electron chi connectivity index (χ2n) is 4.47. The SMILES string of the molecule is [Ni].c1cc[c]([Sn]([c]2ccccc2)[c]2ccccc2)cc1. The summed E-state index contributed by atoms with van der Waals surface area (Å²) in [6.07, 6.45) is 0. The molecule has 0 aromatic heterocycles. The van der Waals surface area contributed by atoms with Crippen molar-refractivity contribution in [1.82, 2.24) is 0 Å². The third-order valence-electron chi connectivity index (χ3n) is 3.19. The van der Waals surface area contributed by atoms with E-state index in [0.29, 0.717) is 0 Å². The number of rotatable bonds is 3. The molecule has 0 unspecified atom stereocenters. The zero-order chi connectivity index (χ0) is 12.9. The van der Waals surface area contributed by atoms with Crippen molar-refractivity contribution < 1.29 is 16.5 Å². The molecule has 0 aliphatic heterocycles. The first-order chi connectivity index (χ1) is 9.45. The van der Waals surface area contributed by atoms with Gasteiger partial charge in [0.15, 0.2) is 0 Å². The summed E-state index contributed by atoms with van der Waals surface area (Å²) in [6, 6.07) is 32.9. The van der Waals surface area contributed by atoms with Crippen molar-refractivity contribution in [1.29, 1.82) is 0 Å². The van der Waals surface area contributed by atoms with Crippen LogP contribution in [0.3, 0.4) is 0 Å². The van der Waals surface area contributed by atoms with Gasteiger partial charge in [0.2, 0.25) is 0 Å². The van der Waals surface area contributed by atoms with Crippen LogP contribution in [-0.2, 0) is 16.5 Å². The second kappa shape index (κ2) is 7.66. The van der Waals surface area contributed by atoms with Crippen LogP contribution < -0.4 is 10.7 Å². The molecule has 1 radical (unpaired) electrons. The van der Waals surface area contributed by atoms with Crippen LogP contribution in [-0.4, -0.2) is 19.8 Å². The predicted octanol–water partition coefficient (Wildman–Crippen LogP) is 2.20. The van der Waals surface area contributed by atoms with Crippen LogP contribution in [0, 0.1) is 0 Å². The molecule has 3 aromatic carbocycles. The third-order valence-corrected chi connectivity index (χ3v) is 11.0. The summed E-state index contributed by atoms with van der Waals surface area (Å²) < 4.78 is 4.59. The molecular weight excluding hydrogens is 394 g/mol. The van der Waals surface area contributed by atoms with Crippen LogP contribution in [0.2, 0.25) is 0 Å². The summed E-state index contributed by atoms with van der Waals surface area (Å²) in [6.45, 7) is 0. The zero-order valence-corrected chi connectivity index (χ0v) is 14.8. The molecule has 101 valence electrons. The van der Waals surface area contributed by atoms with E-state index in [4.69, 9.17) is 0 Å². The molecule has 0 heterocycles. The van der Waals surface area contributed by atoms with Crippen LogP contribution in [0.1, 0.15) is 0 Å². The van der Waals surface area contributed by atoms with Gasteiger partial charge in [-0.1, -0.05) is 0 Å². The summed E-state index contributed by atoms with van der Waals surface area (Å²) in [5.74, 6) is 0. The van der Waals surface area contributed by atoms with Crippen LogP contribution in [0.15, 0.2) is 91.0 Å². The summed E-state index contributed by atoms with van der Waals surface area (Å²) in [4.78, 5) is 0. The fraction of sp³-hybridized carbons (Fsp3) is 0. The van der Waals surface area contributed by atoms with Crippen LogP contribution in [0.5, 0.6) is 0 Å². The Morgan fingerprint density at radius 2 is 0.650 bits per heavy atom. The van der Waals surface area contributed by atoms with Gasteiger partial charge in [-0.25, -0.2) is 0 Å². The topological polar surface area (TPSA) is 0 Å². The Morgan fingerprint density at radius 1 is 0.400 bits per heavy atom. The quantitative estimate of drug-likeness (QED) is 0.583. The fourth-order valence-corrected chi connectivity index (χ4v) is 9.67. The molecule has 0 N–H and O–H groups in total. The minimum atomic E-state index is -1.98. The molecule has 0 saturated heterocycles. The van der Waals surface area contributed by atoms with Gasteiger partial charge in [0.25, 0.3) is 0 Å². The molecule has 0 bridgehead atoms. The van der Waals surface area contributed by atoms with Gasteiger partial charge in [-0.05, 0) is 0 Å². The Balaban J connectivity index is 0.00000147. The van der Waals surface area contributed by atoms with Crippen molar-refractivity contribution in [3.05, 3.63) is 91.0 Å². The standard InChI is InChI=1S/3C6H5.Ni.Sn/c3*1-2-4-6-5-3-1;;/h3*1-5H;;. The van der Waals surface area contributed by atoms with E-state index in [9.17, 15) is 0 Å². The summed E-state index contributed by atoms with van der Waals surface area (Å²) in [7, 11) is 0. The molecular formula is C18H15NiSn. The molecule has 0 saturated carbocycles. The average Bonchev–Trinajstić information content (AvgIpc) is 2.51. The minimum absolute atomic E-state index is 0. The number of benzene rings is 3. The Morgan fingerprint density at radius 3 is 0.900 bits per heavy atom. The molecule has 0 fully saturated rings. The monoisotopic (exact) mass is 409 g/mol. The Labute approximate surface area is 137 Å². The van der Waals surface area contributed by atoms with Gasteiger partial charge in [0.1, 0.15) is 0 Å². The first-order valence-corrected chi connectivity index (χ1v) is 10.8. The van der Waals surface area contributed by atoms with Crippen LogP contribution in [0.4, 0.5) is 0 Å². The van der Waals surface area contributed by atoms with E-state index in [0.717, 1.165) is 0 Å². The van der Waals surface area contributed by atoms with E-state index in [1.165, 1.54) is 10.7 Å². The van der Waals surface area contributed by atoms with E-state index in [1.54, 1.807) is 0 Å². The molecule has 0 spiro atoms. The van der Waals surface area contributed by atoms with Gasteiger partial charge in [-0.3, -0.25) is 0 Å². The predicted molar refractivity (Wildman–Crippen MR) is 84.0 cm³/mol. The maximum absolute atomic E-state index is 2.29. The first-order valence-electron chi connectivity index (χ1n) is 6.48. The normalized spacial score (nSPS) is 10.1. The van der Waals surface area contributed by atoms with Crippen molar-refractivity contribution in [3.8, 4) is 0 Å². The van der Waals surface area contributed by atoms with Gasteiger partial charge in [0, 0.05) is 16.5 Å². The van der Waals surface area contributed by atoms with E-state index in [2.05, 4.69) is 91.0 Å². The molecule has 20 heavy (non-hydrogen) atoms. The third kappa shape index (κ3) is 3.53. The Kier molecular flexibility index (Phi) is 5.88. The van der Waals surface area contributed by atoms with Gasteiger partial charge in [0.05, 0.1) is 0 Å². The van der Waals surface area contributed by atoms with Gasteiger partial charge >= 0.3 is 121 Å². The van der Waals surface area contributed by atoms with E-state index >= 15 is 0 Å². The maximum atomic E-state index is 2.29. The average molecular weight is 409 g/mol. The molecule has 2 heteroatoms. The number of hydrogen-bond donors (Lipinski definition) is 0. The molecule has 3 aromatic rings. The van der Waals surface area contributed by atoms with Crippen molar-refractivity contribution in [2.45, 2.75) is 0 Å². The molecule has 0 atom stereocenters. The van der Waals surface area contributed by atoms with Gasteiger partial charge in [-0.2, -0.15) is 0 Å². The molecule has 3 rings (SSSR count). The summed E-state index contributed by atoms with van der Waals surface area (Å²) >= 11 is -1.98. The van der Waals surface area contributed by atoms with Gasteiger partial charge < -0.3 is 0 Å². The zero-order valence-electron chi connectivity index (χ0n) is 11.0. The van der Waals surface area contributed by atoms with Crippen molar-refractivity contribution in [2.75, 3.05) is 0 Å². The first kappa shape index (κ1) is 15.3. The summed E-state index contributed by atoms with van der Waals surface area (Å²) in [5, 5.41) is 0. The van der Waals surface area contributed by atoms with E-state index in [1.807, 2.05) is 0 Å². The Hall–Kier alpha value is -1.05. The van der Waals surface area contributed by atoms with E-state index < -0.39 is 19.8 Å². The van der Waals surface area contributed by atoms with Crippen molar-refractivity contribution in [3.63, 3.8) is 0 Å². The summed E-state index contributed by atoms with van der Waals surface area (Å²) in [5.41, 5.74) is 0. The van der Waals surface area contributed by atoms with Crippen molar-refractivity contribution in [2.24, 2.45) is 0 Å². The van der Waals surface area contributed by atoms with Crippen LogP contribution in [0.25, 0.3) is 0 Å². The second-order valence-corrected chi connectivity index (χ2v) is 11.6. The molecule has 0 nitrogen and oxygen atoms in total. The molecule has 0 aliphatic rings. The van der Waals surface area contributed by atoms with Gasteiger partial charge in [-0.15, -0.1) is 0 Å². The van der Waals surface area contributed by atoms with Crippen LogP contribution >= 0.6 is 0 Å². The van der Waals surface area contributed by atoms with E-state index in [-0.39, 0.29) is 16.5 Å².